The van der Waals surface area contributed by atoms with Gasteiger partial charge in [-0.3, -0.25) is 14.9 Å². The zero-order chi connectivity index (χ0) is 18.4. The third kappa shape index (κ3) is 5.02. The van der Waals surface area contributed by atoms with Crippen LogP contribution in [0.15, 0.2) is 42.5 Å². The van der Waals surface area contributed by atoms with Crippen LogP contribution in [-0.4, -0.2) is 23.4 Å². The quantitative estimate of drug-likeness (QED) is 0.483. The van der Waals surface area contributed by atoms with Crippen molar-refractivity contribution in [2.24, 2.45) is 0 Å². The van der Waals surface area contributed by atoms with Crippen molar-refractivity contribution in [3.63, 3.8) is 0 Å². The topological polar surface area (TPSA) is 98.5 Å². The Balaban J connectivity index is 1.91. The number of hydrogen-bond acceptors (Lipinski definition) is 5. The van der Waals surface area contributed by atoms with Crippen molar-refractivity contribution >= 4 is 29.2 Å². The van der Waals surface area contributed by atoms with E-state index < -0.39 is 23.4 Å². The lowest BCUT2D eigenvalue weighted by atomic mass is 10.1. The van der Waals surface area contributed by atoms with Crippen molar-refractivity contribution in [2.45, 2.75) is 13.5 Å². The number of para-hydroxylation sites is 1. The number of benzene rings is 2. The van der Waals surface area contributed by atoms with Crippen LogP contribution < -0.4 is 5.32 Å². The van der Waals surface area contributed by atoms with Crippen molar-refractivity contribution in [3.8, 4) is 0 Å². The number of ether oxygens (including phenoxy) is 1. The van der Waals surface area contributed by atoms with E-state index >= 15 is 0 Å². The monoisotopic (exact) mass is 362 g/mol. The first-order valence-corrected chi connectivity index (χ1v) is 7.68. The van der Waals surface area contributed by atoms with E-state index in [1.165, 1.54) is 25.1 Å². The SMILES string of the molecule is Cc1cccc(C(=O)OCC(=O)NCc2ccc(Cl)cc2)c1[N+](=O)[O-]. The number of nitro benzene ring substituents is 1. The van der Waals surface area contributed by atoms with Crippen LogP contribution in [0.25, 0.3) is 0 Å². The molecule has 0 spiro atoms. The van der Waals surface area contributed by atoms with E-state index in [9.17, 15) is 19.7 Å². The smallest absolute Gasteiger partial charge is 0.345 e. The molecule has 2 aromatic carbocycles. The Morgan fingerprint density at radius 2 is 1.88 bits per heavy atom. The van der Waals surface area contributed by atoms with E-state index in [0.717, 1.165) is 5.56 Å². The molecule has 25 heavy (non-hydrogen) atoms. The molecule has 0 aromatic heterocycles. The summed E-state index contributed by atoms with van der Waals surface area (Å²) >= 11 is 5.77. The van der Waals surface area contributed by atoms with Crippen LogP contribution in [-0.2, 0) is 16.1 Å². The molecule has 2 aromatic rings. The summed E-state index contributed by atoms with van der Waals surface area (Å²) in [6.07, 6.45) is 0. The summed E-state index contributed by atoms with van der Waals surface area (Å²) in [4.78, 5) is 34.2. The summed E-state index contributed by atoms with van der Waals surface area (Å²) in [5, 5.41) is 14.2. The first-order chi connectivity index (χ1) is 11.9. The maximum atomic E-state index is 12.0. The minimum absolute atomic E-state index is 0.185. The second kappa shape index (κ2) is 8.25. The van der Waals surface area contributed by atoms with Gasteiger partial charge in [-0.15, -0.1) is 0 Å². The zero-order valence-corrected chi connectivity index (χ0v) is 14.1. The average Bonchev–Trinajstić information content (AvgIpc) is 2.58. The van der Waals surface area contributed by atoms with Gasteiger partial charge in [0, 0.05) is 17.1 Å². The largest absolute Gasteiger partial charge is 0.452 e. The van der Waals surface area contributed by atoms with Crippen LogP contribution in [0.4, 0.5) is 5.69 Å². The fourth-order valence-electron chi connectivity index (χ4n) is 2.13. The number of aryl methyl sites for hydroxylation is 1. The van der Waals surface area contributed by atoms with Crippen LogP contribution in [0.5, 0.6) is 0 Å². The number of carbonyl (C=O) groups excluding carboxylic acids is 2. The highest BCUT2D eigenvalue weighted by molar-refractivity contribution is 6.30. The van der Waals surface area contributed by atoms with E-state index in [0.29, 0.717) is 10.6 Å². The molecule has 0 aliphatic carbocycles. The molecule has 0 bridgehead atoms. The van der Waals surface area contributed by atoms with Crippen LogP contribution >= 0.6 is 11.6 Å². The lowest BCUT2D eigenvalue weighted by molar-refractivity contribution is -0.385. The summed E-state index contributed by atoms with van der Waals surface area (Å²) in [5.74, 6) is -1.43. The Hall–Kier alpha value is -2.93. The molecule has 0 unspecified atom stereocenters. The molecule has 0 aliphatic heterocycles. The lowest BCUT2D eigenvalue weighted by Crippen LogP contribution is -2.28. The molecule has 2 rings (SSSR count). The van der Waals surface area contributed by atoms with Crippen LogP contribution in [0.2, 0.25) is 5.02 Å². The fourth-order valence-corrected chi connectivity index (χ4v) is 2.25. The Kier molecular flexibility index (Phi) is 6.08. The minimum atomic E-state index is -0.919. The molecular formula is C17H15ClN2O5. The number of carbonyl (C=O) groups is 2. The van der Waals surface area contributed by atoms with Gasteiger partial charge in [0.05, 0.1) is 4.92 Å². The van der Waals surface area contributed by atoms with Crippen LogP contribution in [0, 0.1) is 17.0 Å². The van der Waals surface area contributed by atoms with Gasteiger partial charge >= 0.3 is 5.97 Å². The van der Waals surface area contributed by atoms with Crippen molar-refractivity contribution in [1.82, 2.24) is 5.32 Å². The van der Waals surface area contributed by atoms with Gasteiger partial charge in [-0.1, -0.05) is 35.9 Å². The Labute approximate surface area is 148 Å². The van der Waals surface area contributed by atoms with Gasteiger partial charge in [-0.05, 0) is 30.7 Å². The summed E-state index contributed by atoms with van der Waals surface area (Å²) in [7, 11) is 0. The molecule has 0 fully saturated rings. The number of hydrogen-bond donors (Lipinski definition) is 1. The normalized spacial score (nSPS) is 10.2. The summed E-state index contributed by atoms with van der Waals surface area (Å²) in [5.41, 5.74) is 0.662. The Bertz CT molecular complexity index is 805. The van der Waals surface area contributed by atoms with Crippen molar-refractivity contribution < 1.29 is 19.2 Å². The molecule has 8 heteroatoms. The third-order valence-electron chi connectivity index (χ3n) is 3.38. The summed E-state index contributed by atoms with van der Waals surface area (Å²) in [6, 6.07) is 11.2. The van der Waals surface area contributed by atoms with Gasteiger partial charge < -0.3 is 10.1 Å². The van der Waals surface area contributed by atoms with Crippen molar-refractivity contribution in [1.29, 1.82) is 0 Å². The van der Waals surface area contributed by atoms with Crippen molar-refractivity contribution in [3.05, 3.63) is 74.3 Å². The van der Waals surface area contributed by atoms with Gasteiger partial charge in [0.15, 0.2) is 6.61 Å². The van der Waals surface area contributed by atoms with E-state index in [1.54, 1.807) is 24.3 Å². The van der Waals surface area contributed by atoms with Crippen molar-refractivity contribution in [2.75, 3.05) is 6.61 Å². The molecule has 1 amide bonds. The van der Waals surface area contributed by atoms with Gasteiger partial charge in [-0.25, -0.2) is 4.79 Å². The number of amides is 1. The predicted molar refractivity (Wildman–Crippen MR) is 91.4 cm³/mol. The molecular weight excluding hydrogens is 348 g/mol. The minimum Gasteiger partial charge on any atom is -0.452 e. The molecule has 1 N–H and O–H groups in total. The molecule has 0 radical (unpaired) electrons. The number of halogens is 1. The average molecular weight is 363 g/mol. The molecule has 0 aliphatic rings. The van der Waals surface area contributed by atoms with Crippen LogP contribution in [0.1, 0.15) is 21.5 Å². The summed E-state index contributed by atoms with van der Waals surface area (Å²) in [6.45, 7) is 1.24. The first-order valence-electron chi connectivity index (χ1n) is 7.30. The second-order valence-electron chi connectivity index (χ2n) is 5.21. The van der Waals surface area contributed by atoms with Gasteiger partial charge in [0.1, 0.15) is 5.56 Å². The maximum absolute atomic E-state index is 12.0. The number of nitro groups is 1. The molecule has 7 nitrogen and oxygen atoms in total. The molecule has 0 atom stereocenters. The highest BCUT2D eigenvalue weighted by Crippen LogP contribution is 2.23. The molecule has 0 saturated heterocycles. The van der Waals surface area contributed by atoms with E-state index in [1.807, 2.05) is 0 Å². The maximum Gasteiger partial charge on any atom is 0.345 e. The molecule has 0 heterocycles. The Morgan fingerprint density at radius 1 is 1.20 bits per heavy atom. The highest BCUT2D eigenvalue weighted by Gasteiger charge is 2.24. The number of esters is 1. The van der Waals surface area contributed by atoms with Gasteiger partial charge in [-0.2, -0.15) is 0 Å². The number of rotatable bonds is 6. The second-order valence-corrected chi connectivity index (χ2v) is 5.64. The number of nitrogens with zero attached hydrogens (tertiary/aromatic N) is 1. The Morgan fingerprint density at radius 3 is 2.52 bits per heavy atom. The standard InChI is InChI=1S/C17H15ClN2O5/c1-11-3-2-4-14(16(11)20(23)24)17(22)25-10-15(21)19-9-12-5-7-13(18)8-6-12/h2-8H,9-10H2,1H3,(H,19,21). The van der Waals surface area contributed by atoms with E-state index in [4.69, 9.17) is 16.3 Å². The highest BCUT2D eigenvalue weighted by atomic mass is 35.5. The van der Waals surface area contributed by atoms with E-state index in [2.05, 4.69) is 5.32 Å². The third-order valence-corrected chi connectivity index (χ3v) is 3.63. The van der Waals surface area contributed by atoms with Gasteiger partial charge in [0.25, 0.3) is 11.6 Å². The molecule has 130 valence electrons. The lowest BCUT2D eigenvalue weighted by Gasteiger charge is -2.08. The number of nitrogens with one attached hydrogen (secondary N) is 1. The van der Waals surface area contributed by atoms with E-state index in [-0.39, 0.29) is 17.8 Å². The first kappa shape index (κ1) is 18.4. The zero-order valence-electron chi connectivity index (χ0n) is 13.3. The van der Waals surface area contributed by atoms with Gasteiger partial charge in [0.2, 0.25) is 0 Å². The predicted octanol–water partition coefficient (Wildman–Crippen LogP) is 3.03. The van der Waals surface area contributed by atoms with Crippen LogP contribution in [0.3, 0.4) is 0 Å². The fraction of sp³-hybridized carbons (Fsp3) is 0.176. The summed E-state index contributed by atoms with van der Waals surface area (Å²) < 4.78 is 4.87. The molecule has 0 saturated carbocycles.